The molecule has 1 atom stereocenters. The molecular weight excluding hydrogens is 230 g/mol. The number of carboxylic acids is 1. The van der Waals surface area contributed by atoms with Gasteiger partial charge in [0.2, 0.25) is 0 Å². The lowest BCUT2D eigenvalue weighted by Crippen LogP contribution is -2.29. The lowest BCUT2D eigenvalue weighted by molar-refractivity contribution is -0.153. The number of aliphatic carboxylic acids is 1. The van der Waals surface area contributed by atoms with E-state index in [1.807, 2.05) is 44.3 Å². The van der Waals surface area contributed by atoms with E-state index in [2.05, 4.69) is 4.98 Å². The summed E-state index contributed by atoms with van der Waals surface area (Å²) in [6.45, 7) is 3.68. The van der Waals surface area contributed by atoms with Crippen LogP contribution in [0.3, 0.4) is 0 Å². The van der Waals surface area contributed by atoms with Crippen LogP contribution in [-0.4, -0.2) is 28.3 Å². The molecule has 96 valence electrons. The molecule has 0 radical (unpaired) electrons. The van der Waals surface area contributed by atoms with Gasteiger partial charge in [-0.1, -0.05) is 18.2 Å². The number of ether oxygens (including phenoxy) is 1. The topological polar surface area (TPSA) is 62.3 Å². The van der Waals surface area contributed by atoms with Crippen molar-refractivity contribution in [1.82, 2.24) is 4.98 Å². The molecule has 0 aliphatic heterocycles. The van der Waals surface area contributed by atoms with E-state index in [4.69, 9.17) is 9.84 Å². The van der Waals surface area contributed by atoms with Gasteiger partial charge in [-0.15, -0.1) is 0 Å². The van der Waals surface area contributed by atoms with Gasteiger partial charge < -0.3 is 14.8 Å². The predicted octanol–water partition coefficient (Wildman–Crippen LogP) is 2.59. The molecule has 0 unspecified atom stereocenters. The standard InChI is InChI=1S/C14H17NO3/c1-9(2)18-13(14(16)17)7-10-8-15-12-6-4-3-5-11(10)12/h3-6,8-9,13,15H,7H2,1-2H3,(H,16,17)/t13-/m0/s1. The van der Waals surface area contributed by atoms with Crippen LogP contribution in [0.4, 0.5) is 0 Å². The van der Waals surface area contributed by atoms with Crippen molar-refractivity contribution in [3.63, 3.8) is 0 Å². The van der Waals surface area contributed by atoms with Crippen LogP contribution >= 0.6 is 0 Å². The number of hydrogen-bond donors (Lipinski definition) is 2. The number of aromatic nitrogens is 1. The minimum atomic E-state index is -0.922. The average Bonchev–Trinajstić information content (AvgIpc) is 2.71. The van der Waals surface area contributed by atoms with E-state index in [9.17, 15) is 4.79 Å². The quantitative estimate of drug-likeness (QED) is 0.853. The first-order valence-electron chi connectivity index (χ1n) is 6.01. The van der Waals surface area contributed by atoms with E-state index in [1.54, 1.807) is 0 Å². The number of carbonyl (C=O) groups is 1. The Balaban J connectivity index is 2.23. The average molecular weight is 247 g/mol. The Bertz CT molecular complexity index is 545. The third-order valence-corrected chi connectivity index (χ3v) is 2.79. The zero-order chi connectivity index (χ0) is 13.1. The number of aromatic amines is 1. The molecule has 4 nitrogen and oxygen atoms in total. The Morgan fingerprint density at radius 2 is 2.11 bits per heavy atom. The van der Waals surface area contributed by atoms with Gasteiger partial charge in [0.25, 0.3) is 0 Å². The minimum absolute atomic E-state index is 0.101. The van der Waals surface area contributed by atoms with Gasteiger partial charge in [0.1, 0.15) is 0 Å². The van der Waals surface area contributed by atoms with Gasteiger partial charge in [0.05, 0.1) is 6.10 Å². The van der Waals surface area contributed by atoms with Crippen molar-refractivity contribution in [3.8, 4) is 0 Å². The SMILES string of the molecule is CC(C)O[C@@H](Cc1c[nH]c2ccccc12)C(=O)O. The highest BCUT2D eigenvalue weighted by atomic mass is 16.5. The van der Waals surface area contributed by atoms with Crippen molar-refractivity contribution >= 4 is 16.9 Å². The highest BCUT2D eigenvalue weighted by Crippen LogP contribution is 2.20. The monoisotopic (exact) mass is 247 g/mol. The summed E-state index contributed by atoms with van der Waals surface area (Å²) in [4.78, 5) is 14.3. The first-order chi connectivity index (χ1) is 8.58. The molecule has 4 heteroatoms. The van der Waals surface area contributed by atoms with E-state index >= 15 is 0 Å². The number of H-pyrrole nitrogens is 1. The van der Waals surface area contributed by atoms with Crippen molar-refractivity contribution in [2.45, 2.75) is 32.5 Å². The summed E-state index contributed by atoms with van der Waals surface area (Å²) >= 11 is 0. The molecule has 1 heterocycles. The summed E-state index contributed by atoms with van der Waals surface area (Å²) in [5.41, 5.74) is 1.99. The summed E-state index contributed by atoms with van der Waals surface area (Å²) in [6, 6.07) is 7.84. The number of nitrogens with one attached hydrogen (secondary N) is 1. The lowest BCUT2D eigenvalue weighted by atomic mass is 10.1. The van der Waals surface area contributed by atoms with Crippen molar-refractivity contribution in [2.75, 3.05) is 0 Å². The van der Waals surface area contributed by atoms with Crippen LogP contribution in [0.2, 0.25) is 0 Å². The van der Waals surface area contributed by atoms with Crippen LogP contribution in [0.1, 0.15) is 19.4 Å². The Labute approximate surface area is 106 Å². The third-order valence-electron chi connectivity index (χ3n) is 2.79. The van der Waals surface area contributed by atoms with Crippen molar-refractivity contribution < 1.29 is 14.6 Å². The maximum Gasteiger partial charge on any atom is 0.333 e. The molecule has 0 aliphatic carbocycles. The molecule has 0 saturated carbocycles. The second-order valence-electron chi connectivity index (χ2n) is 4.58. The van der Waals surface area contributed by atoms with Gasteiger partial charge in [-0.05, 0) is 25.5 Å². The fourth-order valence-electron chi connectivity index (χ4n) is 2.02. The van der Waals surface area contributed by atoms with Gasteiger partial charge >= 0.3 is 5.97 Å². The van der Waals surface area contributed by atoms with Gasteiger partial charge in [-0.2, -0.15) is 0 Å². The van der Waals surface area contributed by atoms with Crippen LogP contribution in [0, 0.1) is 0 Å². The first-order valence-corrected chi connectivity index (χ1v) is 6.01. The molecular formula is C14H17NO3. The summed E-state index contributed by atoms with van der Waals surface area (Å²) in [6.07, 6.45) is 1.32. The van der Waals surface area contributed by atoms with E-state index in [-0.39, 0.29) is 6.10 Å². The van der Waals surface area contributed by atoms with Crippen LogP contribution in [-0.2, 0) is 16.0 Å². The fraction of sp³-hybridized carbons (Fsp3) is 0.357. The largest absolute Gasteiger partial charge is 0.479 e. The summed E-state index contributed by atoms with van der Waals surface area (Å²) in [7, 11) is 0. The Morgan fingerprint density at radius 3 is 2.78 bits per heavy atom. The van der Waals surface area contributed by atoms with E-state index in [0.717, 1.165) is 16.5 Å². The molecule has 2 rings (SSSR count). The lowest BCUT2D eigenvalue weighted by Gasteiger charge is -2.16. The predicted molar refractivity (Wildman–Crippen MR) is 69.6 cm³/mol. The van der Waals surface area contributed by atoms with Crippen molar-refractivity contribution in [3.05, 3.63) is 36.0 Å². The van der Waals surface area contributed by atoms with Crippen molar-refractivity contribution in [2.24, 2.45) is 0 Å². The molecule has 0 amide bonds. The molecule has 0 spiro atoms. The van der Waals surface area contributed by atoms with E-state index in [0.29, 0.717) is 6.42 Å². The Kier molecular flexibility index (Phi) is 3.67. The van der Waals surface area contributed by atoms with Crippen LogP contribution in [0.15, 0.2) is 30.5 Å². The normalized spacial score (nSPS) is 13.1. The van der Waals surface area contributed by atoms with Crippen LogP contribution in [0.25, 0.3) is 10.9 Å². The van der Waals surface area contributed by atoms with Crippen LogP contribution < -0.4 is 0 Å². The summed E-state index contributed by atoms with van der Waals surface area (Å²) in [5, 5.41) is 10.2. The number of carboxylic acid groups (broad SMARTS) is 1. The zero-order valence-corrected chi connectivity index (χ0v) is 10.5. The molecule has 0 bridgehead atoms. The Hall–Kier alpha value is -1.81. The van der Waals surface area contributed by atoms with Crippen molar-refractivity contribution in [1.29, 1.82) is 0 Å². The molecule has 0 fully saturated rings. The Morgan fingerprint density at radius 1 is 1.39 bits per heavy atom. The van der Waals surface area contributed by atoms with Gasteiger partial charge in [0.15, 0.2) is 6.10 Å². The second-order valence-corrected chi connectivity index (χ2v) is 4.58. The minimum Gasteiger partial charge on any atom is -0.479 e. The summed E-state index contributed by atoms with van der Waals surface area (Å²) in [5.74, 6) is -0.922. The fourth-order valence-corrected chi connectivity index (χ4v) is 2.02. The van der Waals surface area contributed by atoms with E-state index in [1.165, 1.54) is 0 Å². The molecule has 1 aromatic carbocycles. The summed E-state index contributed by atoms with van der Waals surface area (Å²) < 4.78 is 5.42. The second kappa shape index (κ2) is 5.23. The number of benzene rings is 1. The highest BCUT2D eigenvalue weighted by molar-refractivity contribution is 5.84. The van der Waals surface area contributed by atoms with E-state index < -0.39 is 12.1 Å². The third kappa shape index (κ3) is 2.71. The maximum absolute atomic E-state index is 11.2. The smallest absolute Gasteiger partial charge is 0.333 e. The van der Waals surface area contributed by atoms with Gasteiger partial charge in [0, 0.05) is 23.5 Å². The molecule has 1 aromatic heterocycles. The van der Waals surface area contributed by atoms with Gasteiger partial charge in [-0.3, -0.25) is 0 Å². The number of para-hydroxylation sites is 1. The number of rotatable bonds is 5. The first kappa shape index (κ1) is 12.6. The molecule has 2 aromatic rings. The molecule has 0 aliphatic rings. The number of fused-ring (bicyclic) bond motifs is 1. The molecule has 18 heavy (non-hydrogen) atoms. The zero-order valence-electron chi connectivity index (χ0n) is 10.5. The number of hydrogen-bond acceptors (Lipinski definition) is 2. The van der Waals surface area contributed by atoms with Crippen LogP contribution in [0.5, 0.6) is 0 Å². The molecule has 0 saturated heterocycles. The van der Waals surface area contributed by atoms with Gasteiger partial charge in [-0.25, -0.2) is 4.79 Å². The molecule has 2 N–H and O–H groups in total. The highest BCUT2D eigenvalue weighted by Gasteiger charge is 2.21. The maximum atomic E-state index is 11.2.